The van der Waals surface area contributed by atoms with Gasteiger partial charge in [0, 0.05) is 16.7 Å². The van der Waals surface area contributed by atoms with E-state index in [2.05, 4.69) is 26.2 Å². The highest BCUT2D eigenvalue weighted by molar-refractivity contribution is 9.10. The van der Waals surface area contributed by atoms with Crippen LogP contribution in [0, 0.1) is 0 Å². The molecule has 0 aliphatic rings. The summed E-state index contributed by atoms with van der Waals surface area (Å²) < 4.78 is 10.9. The maximum absolute atomic E-state index is 11.1. The van der Waals surface area contributed by atoms with E-state index in [0.717, 1.165) is 4.47 Å². The molecular formula is C11H16BrN3O3. The summed E-state index contributed by atoms with van der Waals surface area (Å²) in [4.78, 5) is 15.1. The van der Waals surface area contributed by atoms with E-state index in [1.54, 1.807) is 12.3 Å². The normalized spacial score (nSPS) is 10.2. The number of hydrogen-bond donors (Lipinski definition) is 2. The molecule has 0 saturated carbocycles. The molecule has 7 heteroatoms. The van der Waals surface area contributed by atoms with Crippen LogP contribution in [0.2, 0.25) is 0 Å². The first-order valence-corrected chi connectivity index (χ1v) is 6.25. The predicted molar refractivity (Wildman–Crippen MR) is 71.5 cm³/mol. The van der Waals surface area contributed by atoms with Crippen LogP contribution in [0.1, 0.15) is 13.8 Å². The van der Waals surface area contributed by atoms with Gasteiger partial charge >= 0.3 is 6.09 Å². The van der Waals surface area contributed by atoms with Gasteiger partial charge in [-0.3, -0.25) is 0 Å². The van der Waals surface area contributed by atoms with Crippen molar-refractivity contribution in [2.24, 2.45) is 0 Å². The molecule has 1 aromatic heterocycles. The SMILES string of the molecule is CC(C)NC(=O)OCCOc1ncc(Br)cc1N. The Balaban J connectivity index is 2.27. The molecule has 1 aromatic rings. The van der Waals surface area contributed by atoms with Gasteiger partial charge in [0.25, 0.3) is 0 Å². The van der Waals surface area contributed by atoms with E-state index in [1.807, 2.05) is 13.8 Å². The summed E-state index contributed by atoms with van der Waals surface area (Å²) in [5.74, 6) is 0.325. The van der Waals surface area contributed by atoms with E-state index in [4.69, 9.17) is 15.2 Å². The lowest BCUT2D eigenvalue weighted by Crippen LogP contribution is -2.31. The molecule has 1 heterocycles. The third kappa shape index (κ3) is 5.22. The average Bonchev–Trinajstić information content (AvgIpc) is 2.25. The van der Waals surface area contributed by atoms with E-state index in [-0.39, 0.29) is 19.3 Å². The number of pyridine rings is 1. The highest BCUT2D eigenvalue weighted by atomic mass is 79.9. The average molecular weight is 318 g/mol. The van der Waals surface area contributed by atoms with Crippen molar-refractivity contribution in [3.63, 3.8) is 0 Å². The van der Waals surface area contributed by atoms with Crippen LogP contribution in [0.25, 0.3) is 0 Å². The smallest absolute Gasteiger partial charge is 0.407 e. The van der Waals surface area contributed by atoms with Crippen LogP contribution in [0.3, 0.4) is 0 Å². The Morgan fingerprint density at radius 3 is 2.89 bits per heavy atom. The van der Waals surface area contributed by atoms with Gasteiger partial charge in [-0.15, -0.1) is 0 Å². The molecular weight excluding hydrogens is 302 g/mol. The molecule has 100 valence electrons. The predicted octanol–water partition coefficient (Wildman–Crippen LogP) is 1.94. The zero-order valence-electron chi connectivity index (χ0n) is 10.3. The van der Waals surface area contributed by atoms with Gasteiger partial charge in [-0.25, -0.2) is 9.78 Å². The third-order valence-electron chi connectivity index (χ3n) is 1.81. The van der Waals surface area contributed by atoms with E-state index in [1.165, 1.54) is 0 Å². The fourth-order valence-corrected chi connectivity index (χ4v) is 1.46. The summed E-state index contributed by atoms with van der Waals surface area (Å²) in [5, 5.41) is 2.60. The van der Waals surface area contributed by atoms with E-state index in [0.29, 0.717) is 11.6 Å². The minimum atomic E-state index is -0.467. The molecule has 0 spiro atoms. The Kier molecular flexibility index (Phi) is 5.70. The van der Waals surface area contributed by atoms with Gasteiger partial charge in [0.2, 0.25) is 5.88 Å². The molecule has 6 nitrogen and oxygen atoms in total. The first-order chi connectivity index (χ1) is 8.49. The van der Waals surface area contributed by atoms with Crippen LogP contribution in [-0.2, 0) is 4.74 Å². The molecule has 18 heavy (non-hydrogen) atoms. The Hall–Kier alpha value is -1.50. The summed E-state index contributed by atoms with van der Waals surface area (Å²) >= 11 is 3.24. The summed E-state index contributed by atoms with van der Waals surface area (Å²) in [5.41, 5.74) is 6.12. The number of nitrogens with zero attached hydrogens (tertiary/aromatic N) is 1. The van der Waals surface area contributed by atoms with Crippen LogP contribution in [0.5, 0.6) is 5.88 Å². The van der Waals surface area contributed by atoms with Crippen LogP contribution in [0.4, 0.5) is 10.5 Å². The molecule has 0 radical (unpaired) electrons. The molecule has 0 aliphatic heterocycles. The number of alkyl carbamates (subject to hydrolysis) is 1. The van der Waals surface area contributed by atoms with Crippen molar-refractivity contribution in [2.45, 2.75) is 19.9 Å². The molecule has 1 amide bonds. The summed E-state index contributed by atoms with van der Waals surface area (Å²) in [7, 11) is 0. The number of rotatable bonds is 5. The lowest BCUT2D eigenvalue weighted by Gasteiger charge is -2.10. The van der Waals surface area contributed by atoms with Gasteiger partial charge in [-0.1, -0.05) is 0 Å². The summed E-state index contributed by atoms with van der Waals surface area (Å²) in [6, 6.07) is 1.73. The molecule has 1 rings (SSSR count). The maximum Gasteiger partial charge on any atom is 0.407 e. The van der Waals surface area contributed by atoms with Crippen molar-refractivity contribution in [1.29, 1.82) is 0 Å². The number of amides is 1. The highest BCUT2D eigenvalue weighted by Gasteiger charge is 2.05. The lowest BCUT2D eigenvalue weighted by atomic mass is 10.4. The summed E-state index contributed by atoms with van der Waals surface area (Å²) in [6.07, 6.45) is 1.11. The van der Waals surface area contributed by atoms with Gasteiger partial charge in [-0.2, -0.15) is 0 Å². The topological polar surface area (TPSA) is 86.5 Å². The number of carbonyl (C=O) groups is 1. The highest BCUT2D eigenvalue weighted by Crippen LogP contribution is 2.21. The van der Waals surface area contributed by atoms with Crippen LogP contribution in [0.15, 0.2) is 16.7 Å². The van der Waals surface area contributed by atoms with Gasteiger partial charge in [0.15, 0.2) is 0 Å². The van der Waals surface area contributed by atoms with Gasteiger partial charge in [-0.05, 0) is 35.8 Å². The number of hydrogen-bond acceptors (Lipinski definition) is 5. The minimum absolute atomic E-state index is 0.0437. The fraction of sp³-hybridized carbons (Fsp3) is 0.455. The number of anilines is 1. The van der Waals surface area contributed by atoms with Crippen molar-refractivity contribution in [2.75, 3.05) is 18.9 Å². The van der Waals surface area contributed by atoms with Crippen LogP contribution >= 0.6 is 15.9 Å². The zero-order valence-corrected chi connectivity index (χ0v) is 11.9. The number of aromatic nitrogens is 1. The minimum Gasteiger partial charge on any atom is -0.473 e. The van der Waals surface area contributed by atoms with E-state index >= 15 is 0 Å². The second-order valence-corrected chi connectivity index (χ2v) is 4.75. The van der Waals surface area contributed by atoms with E-state index in [9.17, 15) is 4.79 Å². The molecule has 0 bridgehead atoms. The lowest BCUT2D eigenvalue weighted by molar-refractivity contribution is 0.122. The number of ether oxygens (including phenoxy) is 2. The maximum atomic E-state index is 11.1. The second-order valence-electron chi connectivity index (χ2n) is 3.83. The van der Waals surface area contributed by atoms with Gasteiger partial charge in [0.1, 0.15) is 13.2 Å². The fourth-order valence-electron chi connectivity index (χ4n) is 1.11. The van der Waals surface area contributed by atoms with Crippen LogP contribution < -0.4 is 15.8 Å². The second kappa shape index (κ2) is 7.05. The molecule has 0 unspecified atom stereocenters. The number of nitrogens with two attached hydrogens (primary N) is 1. The van der Waals surface area contributed by atoms with Gasteiger partial charge in [0.05, 0.1) is 5.69 Å². The molecule has 0 aliphatic carbocycles. The number of nitrogen functional groups attached to an aromatic ring is 1. The van der Waals surface area contributed by atoms with Crippen LogP contribution in [-0.4, -0.2) is 30.3 Å². The van der Waals surface area contributed by atoms with Crippen molar-refractivity contribution >= 4 is 27.7 Å². The van der Waals surface area contributed by atoms with Crippen molar-refractivity contribution in [1.82, 2.24) is 10.3 Å². The monoisotopic (exact) mass is 317 g/mol. The van der Waals surface area contributed by atoms with E-state index < -0.39 is 6.09 Å². The third-order valence-corrected chi connectivity index (χ3v) is 2.24. The first-order valence-electron chi connectivity index (χ1n) is 5.46. The zero-order chi connectivity index (χ0) is 13.5. The molecule has 0 aromatic carbocycles. The van der Waals surface area contributed by atoms with Crippen molar-refractivity contribution in [3.05, 3.63) is 16.7 Å². The quantitative estimate of drug-likeness (QED) is 0.810. The largest absolute Gasteiger partial charge is 0.473 e. The Bertz CT molecular complexity index is 413. The number of halogens is 1. The van der Waals surface area contributed by atoms with Crippen molar-refractivity contribution < 1.29 is 14.3 Å². The first kappa shape index (κ1) is 14.6. The number of carbonyl (C=O) groups excluding carboxylic acids is 1. The number of nitrogens with one attached hydrogen (secondary N) is 1. The Labute approximate surface area is 114 Å². The van der Waals surface area contributed by atoms with Crippen molar-refractivity contribution in [3.8, 4) is 5.88 Å². The standard InChI is InChI=1S/C11H16BrN3O3/c1-7(2)15-11(16)18-4-3-17-10-9(13)5-8(12)6-14-10/h5-7H,3-4,13H2,1-2H3,(H,15,16). The Morgan fingerprint density at radius 1 is 1.56 bits per heavy atom. The molecule has 0 atom stereocenters. The Morgan fingerprint density at radius 2 is 2.28 bits per heavy atom. The summed E-state index contributed by atoms with van der Waals surface area (Å²) in [6.45, 7) is 4.04. The molecule has 0 saturated heterocycles. The van der Waals surface area contributed by atoms with Gasteiger partial charge < -0.3 is 20.5 Å². The molecule has 3 N–H and O–H groups in total. The molecule has 0 fully saturated rings.